The summed E-state index contributed by atoms with van der Waals surface area (Å²) in [7, 11) is 0. The van der Waals surface area contributed by atoms with Gasteiger partial charge in [0.15, 0.2) is 11.5 Å². The maximum atomic E-state index is 12.1. The molecule has 1 atom stereocenters. The molecule has 3 rings (SSSR count). The number of benzene rings is 2. The van der Waals surface area contributed by atoms with Crippen LogP contribution in [0.25, 0.3) is 0 Å². The molecule has 0 spiro atoms. The first-order valence-corrected chi connectivity index (χ1v) is 7.23. The zero-order valence-corrected chi connectivity index (χ0v) is 12.8. The van der Waals surface area contributed by atoms with Crippen LogP contribution in [0.4, 0.5) is 5.69 Å². The van der Waals surface area contributed by atoms with E-state index in [0.29, 0.717) is 11.5 Å². The maximum absolute atomic E-state index is 12.1. The molecule has 1 heterocycles. The number of hydrogen-bond donors (Lipinski definition) is 2. The van der Waals surface area contributed by atoms with Crippen molar-refractivity contribution in [2.45, 2.75) is 6.10 Å². The third-order valence-corrected chi connectivity index (χ3v) is 3.40. The van der Waals surface area contributed by atoms with Gasteiger partial charge in [0.2, 0.25) is 6.10 Å². The number of amides is 1. The molecule has 9 heteroatoms. The highest BCUT2D eigenvalue weighted by Crippen LogP contribution is 2.30. The first-order chi connectivity index (χ1) is 12.0. The number of hydrogen-bond acceptors (Lipinski definition) is 7. The van der Waals surface area contributed by atoms with Crippen molar-refractivity contribution < 1.29 is 24.3 Å². The van der Waals surface area contributed by atoms with E-state index in [1.54, 1.807) is 24.3 Å². The topological polar surface area (TPSA) is 123 Å². The van der Waals surface area contributed by atoms with Gasteiger partial charge >= 0.3 is 0 Å². The van der Waals surface area contributed by atoms with Crippen LogP contribution in [0.3, 0.4) is 0 Å². The van der Waals surface area contributed by atoms with Gasteiger partial charge in [0, 0.05) is 17.7 Å². The summed E-state index contributed by atoms with van der Waals surface area (Å²) in [5.74, 6) is 0.260. The van der Waals surface area contributed by atoms with Gasteiger partial charge in [-0.3, -0.25) is 14.9 Å². The summed E-state index contributed by atoms with van der Waals surface area (Å²) in [5.41, 5.74) is 2.15. The number of para-hydroxylation sites is 2. The molecule has 0 saturated heterocycles. The Kier molecular flexibility index (Phi) is 4.46. The van der Waals surface area contributed by atoms with Crippen molar-refractivity contribution >= 4 is 17.8 Å². The molecule has 25 heavy (non-hydrogen) atoms. The van der Waals surface area contributed by atoms with Crippen molar-refractivity contribution in [3.05, 3.63) is 58.1 Å². The Morgan fingerprint density at radius 3 is 2.84 bits per heavy atom. The van der Waals surface area contributed by atoms with Crippen LogP contribution < -0.4 is 14.9 Å². The molecule has 9 nitrogen and oxygen atoms in total. The number of rotatable bonds is 4. The first kappa shape index (κ1) is 16.2. The fraction of sp³-hybridized carbons (Fsp3) is 0.125. The van der Waals surface area contributed by atoms with Crippen LogP contribution in [0.2, 0.25) is 0 Å². The summed E-state index contributed by atoms with van der Waals surface area (Å²) >= 11 is 0. The van der Waals surface area contributed by atoms with Crippen molar-refractivity contribution in [1.82, 2.24) is 5.43 Å². The van der Waals surface area contributed by atoms with Gasteiger partial charge in [0.25, 0.3) is 11.6 Å². The Balaban J connectivity index is 1.64. The van der Waals surface area contributed by atoms with E-state index in [-0.39, 0.29) is 23.6 Å². The van der Waals surface area contributed by atoms with Gasteiger partial charge in [-0.25, -0.2) is 5.43 Å². The molecule has 0 radical (unpaired) electrons. The van der Waals surface area contributed by atoms with Crippen LogP contribution in [0, 0.1) is 10.1 Å². The highest BCUT2D eigenvalue weighted by Gasteiger charge is 2.27. The number of hydrazone groups is 1. The Morgan fingerprint density at radius 1 is 1.32 bits per heavy atom. The Bertz CT molecular complexity index is 852. The molecule has 0 aliphatic carbocycles. The second-order valence-corrected chi connectivity index (χ2v) is 5.10. The second kappa shape index (κ2) is 6.87. The highest BCUT2D eigenvalue weighted by atomic mass is 16.6. The zero-order valence-electron chi connectivity index (χ0n) is 12.8. The van der Waals surface area contributed by atoms with E-state index in [2.05, 4.69) is 10.5 Å². The van der Waals surface area contributed by atoms with Crippen molar-refractivity contribution in [3.8, 4) is 17.2 Å². The smallest absolute Gasteiger partial charge is 0.284 e. The van der Waals surface area contributed by atoms with E-state index in [1.165, 1.54) is 6.07 Å². The van der Waals surface area contributed by atoms with E-state index in [4.69, 9.17) is 9.47 Å². The minimum absolute atomic E-state index is 0.0282. The summed E-state index contributed by atoms with van der Waals surface area (Å²) in [6.45, 7) is 0.0282. The van der Waals surface area contributed by atoms with Crippen LogP contribution in [-0.2, 0) is 4.79 Å². The number of fused-ring (bicyclic) bond motifs is 1. The molecule has 0 unspecified atom stereocenters. The van der Waals surface area contributed by atoms with Crippen molar-refractivity contribution in [3.63, 3.8) is 0 Å². The largest absolute Gasteiger partial charge is 0.507 e. The normalized spacial score (nSPS) is 15.8. The Labute approximate surface area is 141 Å². The second-order valence-electron chi connectivity index (χ2n) is 5.10. The van der Waals surface area contributed by atoms with E-state index < -0.39 is 16.9 Å². The number of non-ortho nitro benzene ring substituents is 1. The molecule has 2 N–H and O–H groups in total. The van der Waals surface area contributed by atoms with Crippen LogP contribution in [0.1, 0.15) is 5.56 Å². The van der Waals surface area contributed by atoms with Crippen LogP contribution >= 0.6 is 0 Å². The molecule has 0 aromatic heterocycles. The van der Waals surface area contributed by atoms with Crippen molar-refractivity contribution in [2.75, 3.05) is 6.61 Å². The average Bonchev–Trinajstić information content (AvgIpc) is 2.62. The maximum Gasteiger partial charge on any atom is 0.284 e. The van der Waals surface area contributed by atoms with Crippen LogP contribution in [0.15, 0.2) is 47.6 Å². The summed E-state index contributed by atoms with van der Waals surface area (Å²) in [5, 5.41) is 24.1. The summed E-state index contributed by atoms with van der Waals surface area (Å²) < 4.78 is 11.0. The van der Waals surface area contributed by atoms with Gasteiger partial charge < -0.3 is 14.6 Å². The number of carbonyl (C=O) groups excluding carboxylic acids is 1. The molecule has 2 aromatic rings. The lowest BCUT2D eigenvalue weighted by molar-refractivity contribution is -0.384. The SMILES string of the molecule is O=C(N/N=C\c1cc([N+](=O)[O-])ccc1O)[C@H]1COc2ccccc2O1. The number of phenolic OH excluding ortho intramolecular Hbond substituents is 1. The molecule has 1 amide bonds. The number of carbonyl (C=O) groups is 1. The van der Waals surface area contributed by atoms with Gasteiger partial charge in [-0.15, -0.1) is 0 Å². The first-order valence-electron chi connectivity index (χ1n) is 7.23. The van der Waals surface area contributed by atoms with Gasteiger partial charge in [0.1, 0.15) is 12.4 Å². The van der Waals surface area contributed by atoms with Gasteiger partial charge in [-0.1, -0.05) is 12.1 Å². The standard InChI is InChI=1S/C16H13N3O6/c20-12-6-5-11(19(22)23)7-10(12)8-17-18-16(21)15-9-24-13-3-1-2-4-14(13)25-15/h1-8,15,20H,9H2,(H,18,21)/b17-8-/t15-/m1/s1. The minimum Gasteiger partial charge on any atom is -0.507 e. The average molecular weight is 343 g/mol. The van der Waals surface area contributed by atoms with Gasteiger partial charge in [0.05, 0.1) is 11.1 Å². The van der Waals surface area contributed by atoms with Crippen LogP contribution in [0.5, 0.6) is 17.2 Å². The molecule has 1 aliphatic rings. The molecule has 0 fully saturated rings. The lowest BCUT2D eigenvalue weighted by Crippen LogP contribution is -2.42. The highest BCUT2D eigenvalue weighted by molar-refractivity contribution is 5.87. The monoisotopic (exact) mass is 343 g/mol. The summed E-state index contributed by atoms with van der Waals surface area (Å²) in [6.07, 6.45) is 0.225. The quantitative estimate of drug-likeness (QED) is 0.494. The predicted molar refractivity (Wildman–Crippen MR) is 86.9 cm³/mol. The molecule has 0 saturated carbocycles. The minimum atomic E-state index is -0.884. The number of aromatic hydroxyl groups is 1. The molecule has 128 valence electrons. The summed E-state index contributed by atoms with van der Waals surface area (Å²) in [4.78, 5) is 22.2. The molecule has 0 bridgehead atoms. The Hall–Kier alpha value is -3.62. The van der Waals surface area contributed by atoms with E-state index >= 15 is 0 Å². The predicted octanol–water partition coefficient (Wildman–Crippen LogP) is 1.59. The van der Waals surface area contributed by atoms with E-state index in [0.717, 1.165) is 18.3 Å². The van der Waals surface area contributed by atoms with Gasteiger partial charge in [-0.05, 0) is 18.2 Å². The number of nitrogens with one attached hydrogen (secondary N) is 1. The number of phenols is 1. The third kappa shape index (κ3) is 3.66. The number of nitro groups is 1. The number of nitrogens with zero attached hydrogens (tertiary/aromatic N) is 2. The van der Waals surface area contributed by atoms with E-state index in [9.17, 15) is 20.0 Å². The van der Waals surface area contributed by atoms with E-state index in [1.807, 2.05) is 0 Å². The molecule has 2 aromatic carbocycles. The van der Waals surface area contributed by atoms with Crippen molar-refractivity contribution in [2.24, 2.45) is 5.10 Å². The fourth-order valence-corrected chi connectivity index (χ4v) is 2.15. The number of nitro benzene ring substituents is 1. The lowest BCUT2D eigenvalue weighted by atomic mass is 10.2. The molecular weight excluding hydrogens is 330 g/mol. The lowest BCUT2D eigenvalue weighted by Gasteiger charge is -2.24. The third-order valence-electron chi connectivity index (χ3n) is 3.40. The fourth-order valence-electron chi connectivity index (χ4n) is 2.15. The Morgan fingerprint density at radius 2 is 2.08 bits per heavy atom. The zero-order chi connectivity index (χ0) is 17.8. The molecular formula is C16H13N3O6. The molecule has 1 aliphatic heterocycles. The van der Waals surface area contributed by atoms with Crippen LogP contribution in [-0.4, -0.2) is 34.9 Å². The summed E-state index contributed by atoms with van der Waals surface area (Å²) in [6, 6.07) is 10.4. The number of ether oxygens (including phenoxy) is 2. The van der Waals surface area contributed by atoms with Crippen molar-refractivity contribution in [1.29, 1.82) is 0 Å². The van der Waals surface area contributed by atoms with Gasteiger partial charge in [-0.2, -0.15) is 5.10 Å².